The van der Waals surface area contributed by atoms with Gasteiger partial charge >= 0.3 is 0 Å². The maximum atomic E-state index is 13.2. The zero-order chi connectivity index (χ0) is 23.1. The molecule has 0 saturated carbocycles. The van der Waals surface area contributed by atoms with E-state index < -0.39 is 0 Å². The number of carbonyl (C=O) groups is 1. The predicted octanol–water partition coefficient (Wildman–Crippen LogP) is 4.54. The molecular weight excluding hydrogens is 422 g/mol. The van der Waals surface area contributed by atoms with E-state index in [0.29, 0.717) is 12.2 Å². The van der Waals surface area contributed by atoms with E-state index in [9.17, 15) is 4.79 Å². The fourth-order valence-corrected chi connectivity index (χ4v) is 5.17. The predicted molar refractivity (Wildman–Crippen MR) is 134 cm³/mol. The van der Waals surface area contributed by atoms with Crippen molar-refractivity contribution in [1.29, 1.82) is 0 Å². The number of nitrogens with zero attached hydrogens (tertiary/aromatic N) is 3. The van der Waals surface area contributed by atoms with Crippen molar-refractivity contribution >= 4 is 27.6 Å². The Labute approximate surface area is 198 Å². The number of aromatic amines is 1. The molecule has 2 N–H and O–H groups in total. The van der Waals surface area contributed by atoms with E-state index >= 15 is 0 Å². The summed E-state index contributed by atoms with van der Waals surface area (Å²) in [6, 6.07) is 22.9. The summed E-state index contributed by atoms with van der Waals surface area (Å²) in [5, 5.41) is 11.3. The van der Waals surface area contributed by atoms with E-state index in [1.807, 2.05) is 29.9 Å². The smallest absolute Gasteiger partial charge is 0.272 e. The van der Waals surface area contributed by atoms with Crippen molar-refractivity contribution in [2.45, 2.75) is 26.1 Å². The number of aromatic nitrogens is 3. The van der Waals surface area contributed by atoms with Gasteiger partial charge in [0.1, 0.15) is 0 Å². The molecule has 6 heteroatoms. The summed E-state index contributed by atoms with van der Waals surface area (Å²) in [4.78, 5) is 19.0. The van der Waals surface area contributed by atoms with Gasteiger partial charge in [-0.25, -0.2) is 0 Å². The van der Waals surface area contributed by atoms with Crippen LogP contribution in [0.3, 0.4) is 0 Å². The standard InChI is InChI=1S/C28H27N5O/c1-32-26-13-14-33(17-21-16-29-25-12-5-4-11-23(21)25)18-24(26)27(31-32)28(34)30-15-20-9-6-8-19-7-2-3-10-22(19)20/h2-12,16,29H,13-15,17-18H2,1H3,(H,30,34). The second kappa shape index (κ2) is 8.47. The van der Waals surface area contributed by atoms with Gasteiger partial charge in [-0.3, -0.25) is 14.4 Å². The van der Waals surface area contributed by atoms with E-state index in [4.69, 9.17) is 0 Å². The summed E-state index contributed by atoms with van der Waals surface area (Å²) in [6.45, 7) is 2.99. The Kier molecular flexibility index (Phi) is 5.15. The first-order chi connectivity index (χ1) is 16.7. The van der Waals surface area contributed by atoms with Crippen molar-refractivity contribution in [2.75, 3.05) is 6.54 Å². The molecule has 0 saturated heterocycles. The summed E-state index contributed by atoms with van der Waals surface area (Å²) >= 11 is 0. The summed E-state index contributed by atoms with van der Waals surface area (Å²) in [5.41, 5.74) is 6.29. The van der Waals surface area contributed by atoms with Gasteiger partial charge in [0.15, 0.2) is 5.69 Å². The van der Waals surface area contributed by atoms with E-state index in [0.717, 1.165) is 48.4 Å². The monoisotopic (exact) mass is 449 g/mol. The van der Waals surface area contributed by atoms with Crippen LogP contribution >= 0.6 is 0 Å². The van der Waals surface area contributed by atoms with Gasteiger partial charge in [0.2, 0.25) is 0 Å². The molecule has 3 aromatic carbocycles. The highest BCUT2D eigenvalue weighted by molar-refractivity contribution is 5.94. The van der Waals surface area contributed by atoms with Gasteiger partial charge in [-0.05, 0) is 28.0 Å². The molecule has 5 aromatic rings. The molecule has 0 unspecified atom stereocenters. The van der Waals surface area contributed by atoms with Crippen LogP contribution < -0.4 is 5.32 Å². The van der Waals surface area contributed by atoms with Crippen LogP contribution in [-0.2, 0) is 33.1 Å². The zero-order valence-electron chi connectivity index (χ0n) is 19.2. The number of hydrogen-bond donors (Lipinski definition) is 2. The van der Waals surface area contributed by atoms with Crippen LogP contribution in [0.1, 0.15) is 32.9 Å². The zero-order valence-corrected chi connectivity index (χ0v) is 19.2. The lowest BCUT2D eigenvalue weighted by Gasteiger charge is -2.27. The van der Waals surface area contributed by atoms with Gasteiger partial charge in [0.25, 0.3) is 5.91 Å². The van der Waals surface area contributed by atoms with Gasteiger partial charge in [0, 0.05) is 68.0 Å². The van der Waals surface area contributed by atoms with Crippen LogP contribution in [0.4, 0.5) is 0 Å². The third kappa shape index (κ3) is 3.66. The Morgan fingerprint density at radius 2 is 1.79 bits per heavy atom. The lowest BCUT2D eigenvalue weighted by atomic mass is 10.0. The Balaban J connectivity index is 1.21. The fourth-order valence-electron chi connectivity index (χ4n) is 5.17. The van der Waals surface area contributed by atoms with Gasteiger partial charge < -0.3 is 10.3 Å². The number of nitrogens with one attached hydrogen (secondary N) is 2. The quantitative estimate of drug-likeness (QED) is 0.414. The van der Waals surface area contributed by atoms with Crippen molar-refractivity contribution in [3.8, 4) is 0 Å². The number of H-pyrrole nitrogens is 1. The van der Waals surface area contributed by atoms with Crippen molar-refractivity contribution in [1.82, 2.24) is 25.0 Å². The van der Waals surface area contributed by atoms with Gasteiger partial charge in [-0.2, -0.15) is 5.10 Å². The molecule has 0 aliphatic carbocycles. The van der Waals surface area contributed by atoms with Crippen LogP contribution in [0.5, 0.6) is 0 Å². The summed E-state index contributed by atoms with van der Waals surface area (Å²) in [6.07, 6.45) is 2.99. The molecule has 170 valence electrons. The van der Waals surface area contributed by atoms with Crippen LogP contribution in [0.25, 0.3) is 21.7 Å². The number of hydrogen-bond acceptors (Lipinski definition) is 3. The average Bonchev–Trinajstić information content (AvgIpc) is 3.43. The van der Waals surface area contributed by atoms with Crippen molar-refractivity contribution < 1.29 is 4.79 Å². The Morgan fingerprint density at radius 1 is 1.00 bits per heavy atom. The summed E-state index contributed by atoms with van der Waals surface area (Å²) in [5.74, 6) is -0.112. The highest BCUT2D eigenvalue weighted by Crippen LogP contribution is 2.26. The number of benzene rings is 3. The Morgan fingerprint density at radius 3 is 2.71 bits per heavy atom. The highest BCUT2D eigenvalue weighted by Gasteiger charge is 2.27. The molecule has 0 fully saturated rings. The van der Waals surface area contributed by atoms with E-state index in [-0.39, 0.29) is 5.91 Å². The van der Waals surface area contributed by atoms with Crippen molar-refractivity contribution in [3.05, 3.63) is 101 Å². The normalized spacial score (nSPS) is 13.9. The maximum absolute atomic E-state index is 13.2. The Bertz CT molecular complexity index is 1510. The molecule has 1 aliphatic rings. The van der Waals surface area contributed by atoms with Gasteiger partial charge in [0.05, 0.1) is 0 Å². The minimum Gasteiger partial charge on any atom is -0.361 e. The molecular formula is C28H27N5O. The minimum atomic E-state index is -0.112. The maximum Gasteiger partial charge on any atom is 0.272 e. The molecule has 1 aliphatic heterocycles. The average molecular weight is 450 g/mol. The molecule has 0 radical (unpaired) electrons. The largest absolute Gasteiger partial charge is 0.361 e. The molecule has 6 rings (SSSR count). The van der Waals surface area contributed by atoms with Gasteiger partial charge in [-0.15, -0.1) is 0 Å². The molecule has 0 bridgehead atoms. The number of fused-ring (bicyclic) bond motifs is 3. The van der Waals surface area contributed by atoms with Gasteiger partial charge in [-0.1, -0.05) is 60.7 Å². The third-order valence-corrected chi connectivity index (χ3v) is 6.92. The number of rotatable bonds is 5. The highest BCUT2D eigenvalue weighted by atomic mass is 16.1. The number of aryl methyl sites for hydroxylation is 1. The van der Waals surface area contributed by atoms with E-state index in [2.05, 4.69) is 75.0 Å². The number of amides is 1. The topological polar surface area (TPSA) is 66.0 Å². The van der Waals surface area contributed by atoms with Crippen LogP contribution in [-0.4, -0.2) is 32.1 Å². The first-order valence-electron chi connectivity index (χ1n) is 11.7. The molecule has 0 atom stereocenters. The second-order valence-corrected chi connectivity index (χ2v) is 9.04. The molecule has 0 spiro atoms. The molecule has 3 heterocycles. The number of para-hydroxylation sites is 1. The molecule has 34 heavy (non-hydrogen) atoms. The molecule has 6 nitrogen and oxygen atoms in total. The second-order valence-electron chi connectivity index (χ2n) is 9.04. The SMILES string of the molecule is Cn1nc(C(=O)NCc2cccc3ccccc23)c2c1CCN(Cc1c[nH]c3ccccc13)C2. The van der Waals surface area contributed by atoms with E-state index in [1.165, 1.54) is 21.7 Å². The Hall–Kier alpha value is -3.90. The fraction of sp³-hybridized carbons (Fsp3) is 0.214. The van der Waals surface area contributed by atoms with Crippen LogP contribution in [0.2, 0.25) is 0 Å². The first kappa shape index (κ1) is 20.7. The lowest BCUT2D eigenvalue weighted by Crippen LogP contribution is -2.32. The van der Waals surface area contributed by atoms with Crippen molar-refractivity contribution in [2.24, 2.45) is 7.05 Å². The van der Waals surface area contributed by atoms with Crippen LogP contribution in [0, 0.1) is 0 Å². The number of carbonyl (C=O) groups excluding carboxylic acids is 1. The first-order valence-corrected chi connectivity index (χ1v) is 11.7. The molecule has 1 amide bonds. The lowest BCUT2D eigenvalue weighted by molar-refractivity contribution is 0.0943. The summed E-state index contributed by atoms with van der Waals surface area (Å²) < 4.78 is 1.88. The van der Waals surface area contributed by atoms with E-state index in [1.54, 1.807) is 0 Å². The minimum absolute atomic E-state index is 0.112. The molecule has 2 aromatic heterocycles. The van der Waals surface area contributed by atoms with Crippen molar-refractivity contribution in [3.63, 3.8) is 0 Å². The third-order valence-electron chi connectivity index (χ3n) is 6.92. The summed E-state index contributed by atoms with van der Waals surface area (Å²) in [7, 11) is 1.94. The van der Waals surface area contributed by atoms with Crippen LogP contribution in [0.15, 0.2) is 72.9 Å².